The lowest BCUT2D eigenvalue weighted by Gasteiger charge is -2.30. The average Bonchev–Trinajstić information content (AvgIpc) is 2.93. The monoisotopic (exact) mass is 571 g/mol. The number of phenols is 1. The van der Waals surface area contributed by atoms with E-state index in [1.807, 2.05) is 44.2 Å². The fourth-order valence-corrected chi connectivity index (χ4v) is 5.80. The predicted octanol–water partition coefficient (Wildman–Crippen LogP) is 2.78. The van der Waals surface area contributed by atoms with Crippen molar-refractivity contribution < 1.29 is 32.9 Å². The zero-order valence-corrected chi connectivity index (χ0v) is 24.0. The van der Waals surface area contributed by atoms with Crippen molar-refractivity contribution in [2.45, 2.75) is 43.7 Å². The van der Waals surface area contributed by atoms with Crippen LogP contribution in [0.2, 0.25) is 0 Å². The minimum atomic E-state index is -4.01. The Labute approximate surface area is 235 Å². The summed E-state index contributed by atoms with van der Waals surface area (Å²) < 4.78 is 38.5. The molecule has 1 aromatic heterocycles. The lowest BCUT2D eigenvalue weighted by atomic mass is 10.00. The second-order valence-electron chi connectivity index (χ2n) is 9.87. The summed E-state index contributed by atoms with van der Waals surface area (Å²) in [6.07, 6.45) is 0.258. The van der Waals surface area contributed by atoms with Crippen LogP contribution in [0.1, 0.15) is 25.0 Å². The molecule has 0 saturated carbocycles. The van der Waals surface area contributed by atoms with Gasteiger partial charge in [-0.05, 0) is 41.7 Å². The van der Waals surface area contributed by atoms with Gasteiger partial charge in [0.05, 0.1) is 39.0 Å². The van der Waals surface area contributed by atoms with Gasteiger partial charge in [-0.1, -0.05) is 50.2 Å². The number of aliphatic hydroxyl groups is 1. The number of methoxy groups -OCH3 is 2. The highest BCUT2D eigenvalue weighted by Crippen LogP contribution is 2.26. The Balaban J connectivity index is 1.84. The van der Waals surface area contributed by atoms with Crippen molar-refractivity contribution in [2.75, 3.05) is 27.3 Å². The summed E-state index contributed by atoms with van der Waals surface area (Å²) in [6, 6.07) is 16.1. The van der Waals surface area contributed by atoms with E-state index in [4.69, 9.17) is 9.47 Å². The van der Waals surface area contributed by atoms with E-state index < -0.39 is 22.2 Å². The maximum Gasteiger partial charge on any atom is 0.244 e. The van der Waals surface area contributed by atoms with Crippen LogP contribution in [0.3, 0.4) is 0 Å². The van der Waals surface area contributed by atoms with Gasteiger partial charge in [0, 0.05) is 19.2 Å². The van der Waals surface area contributed by atoms with E-state index in [1.165, 1.54) is 42.9 Å². The highest BCUT2D eigenvalue weighted by molar-refractivity contribution is 7.89. The molecule has 0 saturated heterocycles. The van der Waals surface area contributed by atoms with E-state index in [9.17, 15) is 23.4 Å². The third-order valence-electron chi connectivity index (χ3n) is 6.23. The highest BCUT2D eigenvalue weighted by Gasteiger charge is 2.31. The van der Waals surface area contributed by atoms with Gasteiger partial charge in [-0.2, -0.15) is 4.31 Å². The molecule has 0 aliphatic heterocycles. The molecule has 1 heterocycles. The van der Waals surface area contributed by atoms with E-state index >= 15 is 0 Å². The van der Waals surface area contributed by atoms with Gasteiger partial charge in [-0.25, -0.2) is 13.4 Å². The molecule has 1 amide bonds. The maximum absolute atomic E-state index is 13.5. The van der Waals surface area contributed by atoms with Gasteiger partial charge in [-0.15, -0.1) is 0 Å². The number of ether oxygens (including phenoxy) is 2. The van der Waals surface area contributed by atoms with Crippen LogP contribution in [-0.4, -0.2) is 73.3 Å². The molecule has 0 unspecified atom stereocenters. The van der Waals surface area contributed by atoms with Gasteiger partial charge in [0.25, 0.3) is 0 Å². The fourth-order valence-electron chi connectivity index (χ4n) is 4.23. The zero-order chi connectivity index (χ0) is 29.3. The van der Waals surface area contributed by atoms with Crippen LogP contribution in [0.15, 0.2) is 71.8 Å². The number of amides is 1. The molecule has 0 bridgehead atoms. The molecule has 0 aliphatic rings. The van der Waals surface area contributed by atoms with Crippen molar-refractivity contribution in [1.29, 1.82) is 0 Å². The summed E-state index contributed by atoms with van der Waals surface area (Å²) in [4.78, 5) is 17.1. The summed E-state index contributed by atoms with van der Waals surface area (Å²) >= 11 is 0. The first kappa shape index (κ1) is 30.9. The summed E-state index contributed by atoms with van der Waals surface area (Å²) in [6.45, 7) is 3.69. The van der Waals surface area contributed by atoms with E-state index in [0.29, 0.717) is 5.56 Å². The fraction of sp³-hybridized carbons (Fsp3) is 0.379. The summed E-state index contributed by atoms with van der Waals surface area (Å²) in [5.74, 6) is 0.0905. The number of benzene rings is 2. The molecular weight excluding hydrogens is 534 g/mol. The average molecular weight is 572 g/mol. The number of hydrogen-bond acceptors (Lipinski definition) is 8. The smallest absolute Gasteiger partial charge is 0.244 e. The van der Waals surface area contributed by atoms with Crippen LogP contribution < -0.4 is 14.8 Å². The van der Waals surface area contributed by atoms with Crippen LogP contribution in [0.4, 0.5) is 0 Å². The number of nitrogens with zero attached hydrogens (tertiary/aromatic N) is 2. The third-order valence-corrected chi connectivity index (χ3v) is 8.05. The van der Waals surface area contributed by atoms with Gasteiger partial charge >= 0.3 is 0 Å². The molecule has 0 fully saturated rings. The van der Waals surface area contributed by atoms with Crippen LogP contribution in [0, 0.1) is 5.92 Å². The molecule has 3 rings (SSSR count). The molecule has 2 atom stereocenters. The number of carbonyl (C=O) groups is 1. The Morgan fingerprint density at radius 3 is 2.33 bits per heavy atom. The number of rotatable bonds is 14. The summed E-state index contributed by atoms with van der Waals surface area (Å²) in [5.41, 5.74) is 1.48. The van der Waals surface area contributed by atoms with E-state index in [2.05, 4.69) is 10.3 Å². The SMILES string of the molecule is COc1ccc(S(=O)(=O)N(CC(C)C)C[C@@H](O)[C@H](Cc2ccccc2)NC(=O)Cc2ccc(O)c(OC)c2)cn1. The molecule has 3 aromatic rings. The van der Waals surface area contributed by atoms with E-state index in [1.54, 1.807) is 12.1 Å². The second kappa shape index (κ2) is 14.1. The number of pyridine rings is 1. The summed E-state index contributed by atoms with van der Waals surface area (Å²) in [5, 5.41) is 24.1. The van der Waals surface area contributed by atoms with Gasteiger partial charge in [0.15, 0.2) is 11.5 Å². The Kier molecular flexibility index (Phi) is 10.9. The standard InChI is InChI=1S/C29H37N3O7S/c1-20(2)18-32(40(36,37)23-11-13-29(39-4)30-17-23)19-26(34)24(14-21-8-6-5-7-9-21)31-28(35)16-22-10-12-25(33)27(15-22)38-3/h5-13,15,17,20,24,26,33-34H,14,16,18-19H2,1-4H3,(H,31,35)/t24-,26+/m0/s1. The van der Waals surface area contributed by atoms with Crippen LogP contribution >= 0.6 is 0 Å². The van der Waals surface area contributed by atoms with Crippen molar-refractivity contribution in [2.24, 2.45) is 5.92 Å². The Morgan fingerprint density at radius 2 is 1.73 bits per heavy atom. The first-order valence-corrected chi connectivity index (χ1v) is 14.3. The van der Waals surface area contributed by atoms with Crippen molar-refractivity contribution in [3.8, 4) is 17.4 Å². The molecule has 10 nitrogen and oxygen atoms in total. The van der Waals surface area contributed by atoms with Crippen molar-refractivity contribution in [3.05, 3.63) is 78.0 Å². The number of aromatic nitrogens is 1. The van der Waals surface area contributed by atoms with Crippen molar-refractivity contribution in [1.82, 2.24) is 14.6 Å². The molecule has 0 aliphatic carbocycles. The quantitative estimate of drug-likeness (QED) is 0.269. The number of aromatic hydroxyl groups is 1. The Bertz CT molecular complexity index is 1350. The molecule has 0 spiro atoms. The van der Waals surface area contributed by atoms with Crippen molar-refractivity contribution >= 4 is 15.9 Å². The van der Waals surface area contributed by atoms with Crippen LogP contribution in [0.5, 0.6) is 17.4 Å². The zero-order valence-electron chi connectivity index (χ0n) is 23.1. The predicted molar refractivity (Wildman–Crippen MR) is 151 cm³/mol. The molecule has 216 valence electrons. The topological polar surface area (TPSA) is 138 Å². The third kappa shape index (κ3) is 8.41. The van der Waals surface area contributed by atoms with Gasteiger partial charge in [0.2, 0.25) is 21.8 Å². The largest absolute Gasteiger partial charge is 0.504 e. The molecule has 11 heteroatoms. The molecule has 40 heavy (non-hydrogen) atoms. The number of hydrogen-bond donors (Lipinski definition) is 3. The Morgan fingerprint density at radius 1 is 1.00 bits per heavy atom. The first-order valence-electron chi connectivity index (χ1n) is 12.9. The number of carbonyl (C=O) groups excluding carboxylic acids is 1. The molecule has 0 radical (unpaired) electrons. The Hall–Kier alpha value is -3.67. The van der Waals surface area contributed by atoms with E-state index in [-0.39, 0.29) is 60.0 Å². The van der Waals surface area contributed by atoms with Crippen LogP contribution in [-0.2, 0) is 27.7 Å². The first-order chi connectivity index (χ1) is 19.0. The maximum atomic E-state index is 13.5. The number of phenolic OH excluding ortho intramolecular Hbond substituents is 1. The molecule has 2 aromatic carbocycles. The minimum absolute atomic E-state index is 0.0222. The van der Waals surface area contributed by atoms with Gasteiger partial charge in [-0.3, -0.25) is 4.79 Å². The molecular formula is C29H37N3O7S. The highest BCUT2D eigenvalue weighted by atomic mass is 32.2. The second-order valence-corrected chi connectivity index (χ2v) is 11.8. The number of aliphatic hydroxyl groups excluding tert-OH is 1. The minimum Gasteiger partial charge on any atom is -0.504 e. The normalized spacial score (nSPS) is 13.2. The van der Waals surface area contributed by atoms with E-state index in [0.717, 1.165) is 5.56 Å². The van der Waals surface area contributed by atoms with Crippen molar-refractivity contribution in [3.63, 3.8) is 0 Å². The lowest BCUT2D eigenvalue weighted by molar-refractivity contribution is -0.122. The number of nitrogens with one attached hydrogen (secondary N) is 1. The van der Waals surface area contributed by atoms with Gasteiger partial charge in [0.1, 0.15) is 4.90 Å². The lowest BCUT2D eigenvalue weighted by Crippen LogP contribution is -2.51. The van der Waals surface area contributed by atoms with Crippen LogP contribution in [0.25, 0.3) is 0 Å². The molecule has 3 N–H and O–H groups in total. The summed E-state index contributed by atoms with van der Waals surface area (Å²) in [7, 11) is -1.14. The number of sulfonamides is 1. The van der Waals surface area contributed by atoms with Gasteiger partial charge < -0.3 is 25.0 Å².